The fraction of sp³-hybridized carbons (Fsp3) is 0.391. The summed E-state index contributed by atoms with van der Waals surface area (Å²) in [7, 11) is -3.83. The second kappa shape index (κ2) is 9.15. The van der Waals surface area contributed by atoms with Gasteiger partial charge in [-0.15, -0.1) is 11.8 Å². The van der Waals surface area contributed by atoms with Crippen LogP contribution in [0.5, 0.6) is 0 Å². The Labute approximate surface area is 193 Å². The quantitative estimate of drug-likeness (QED) is 0.656. The fourth-order valence-corrected chi connectivity index (χ4v) is 6.24. The number of carbonyl (C=O) groups is 2. The van der Waals surface area contributed by atoms with E-state index in [-0.39, 0.29) is 10.8 Å². The van der Waals surface area contributed by atoms with Crippen molar-refractivity contribution in [1.82, 2.24) is 4.90 Å². The number of rotatable bonds is 4. The van der Waals surface area contributed by atoms with Crippen molar-refractivity contribution >= 4 is 45.0 Å². The molecule has 0 aromatic heterocycles. The molecule has 7 nitrogen and oxygen atoms in total. The molecule has 0 radical (unpaired) electrons. The Bertz CT molecular complexity index is 1140. The monoisotopic (exact) mass is 473 g/mol. The van der Waals surface area contributed by atoms with Crippen molar-refractivity contribution in [2.24, 2.45) is 0 Å². The molecule has 2 aliphatic heterocycles. The number of sulfonamides is 1. The molecular weight excluding hydrogens is 446 g/mol. The molecular formula is C23H27N3O4S2. The summed E-state index contributed by atoms with van der Waals surface area (Å²) >= 11 is 1.18. The normalized spacial score (nSPS) is 19.0. The number of aryl methyl sites for hydroxylation is 2. The Morgan fingerprint density at radius 2 is 1.69 bits per heavy atom. The number of hydrogen-bond acceptors (Lipinski definition) is 5. The first-order valence-corrected chi connectivity index (χ1v) is 13.1. The van der Waals surface area contributed by atoms with Crippen molar-refractivity contribution < 1.29 is 18.0 Å². The van der Waals surface area contributed by atoms with Crippen LogP contribution in [0.2, 0.25) is 0 Å². The summed E-state index contributed by atoms with van der Waals surface area (Å²) in [5, 5.41) is 1.89. The van der Waals surface area contributed by atoms with E-state index in [1.165, 1.54) is 23.9 Å². The minimum Gasteiger partial charge on any atom is -0.341 e. The molecule has 0 saturated carbocycles. The fourth-order valence-electron chi connectivity index (χ4n) is 4.12. The van der Waals surface area contributed by atoms with E-state index in [0.717, 1.165) is 36.8 Å². The zero-order chi connectivity index (χ0) is 22.9. The van der Waals surface area contributed by atoms with Gasteiger partial charge < -0.3 is 10.2 Å². The van der Waals surface area contributed by atoms with Crippen LogP contribution in [0.4, 0.5) is 11.4 Å². The van der Waals surface area contributed by atoms with Gasteiger partial charge in [0, 0.05) is 23.7 Å². The van der Waals surface area contributed by atoms with Crippen LogP contribution in [0.3, 0.4) is 0 Å². The molecule has 2 N–H and O–H groups in total. The maximum Gasteiger partial charge on any atom is 0.261 e. The summed E-state index contributed by atoms with van der Waals surface area (Å²) in [6, 6.07) is 10.1. The largest absolute Gasteiger partial charge is 0.341 e. The summed E-state index contributed by atoms with van der Waals surface area (Å²) < 4.78 is 28.4. The van der Waals surface area contributed by atoms with E-state index in [2.05, 4.69) is 10.0 Å². The molecule has 2 amide bonds. The second-order valence-corrected chi connectivity index (χ2v) is 11.2. The van der Waals surface area contributed by atoms with Crippen molar-refractivity contribution in [3.8, 4) is 0 Å². The summed E-state index contributed by atoms with van der Waals surface area (Å²) in [5.74, 6) is -0.582. The highest BCUT2D eigenvalue weighted by molar-refractivity contribution is 8.01. The minimum absolute atomic E-state index is 0.0496. The SMILES string of the molecule is Cc1cc(C)cc(NS(=O)(=O)c2ccc3c(c2)NC(=O)C(C(=O)N2CCCCCC2)S3)c1. The molecule has 32 heavy (non-hydrogen) atoms. The van der Waals surface area contributed by atoms with E-state index >= 15 is 0 Å². The van der Waals surface area contributed by atoms with Crippen LogP contribution < -0.4 is 10.0 Å². The lowest BCUT2D eigenvalue weighted by molar-refractivity contribution is -0.133. The Morgan fingerprint density at radius 1 is 1.03 bits per heavy atom. The predicted molar refractivity (Wildman–Crippen MR) is 126 cm³/mol. The maximum atomic E-state index is 12.9. The average Bonchev–Trinajstić information content (AvgIpc) is 3.01. The number of likely N-dealkylation sites (tertiary alicyclic amines) is 1. The first kappa shape index (κ1) is 22.7. The van der Waals surface area contributed by atoms with Gasteiger partial charge in [0.05, 0.1) is 10.6 Å². The Hall–Kier alpha value is -2.52. The third kappa shape index (κ3) is 4.94. The molecule has 4 rings (SSSR count). The van der Waals surface area contributed by atoms with Crippen LogP contribution in [-0.2, 0) is 19.6 Å². The Kier molecular flexibility index (Phi) is 6.48. The van der Waals surface area contributed by atoms with Gasteiger partial charge >= 0.3 is 0 Å². The van der Waals surface area contributed by atoms with Crippen LogP contribution in [0.15, 0.2) is 46.2 Å². The topological polar surface area (TPSA) is 95.6 Å². The minimum atomic E-state index is -3.83. The summed E-state index contributed by atoms with van der Waals surface area (Å²) in [6.07, 6.45) is 4.11. The maximum absolute atomic E-state index is 12.9. The van der Waals surface area contributed by atoms with Crippen LogP contribution in [0, 0.1) is 13.8 Å². The average molecular weight is 474 g/mol. The van der Waals surface area contributed by atoms with Crippen molar-refractivity contribution in [2.75, 3.05) is 23.1 Å². The number of benzene rings is 2. The highest BCUT2D eigenvalue weighted by atomic mass is 32.2. The molecule has 1 unspecified atom stereocenters. The molecule has 9 heteroatoms. The van der Waals surface area contributed by atoms with Crippen molar-refractivity contribution in [3.05, 3.63) is 47.5 Å². The molecule has 1 saturated heterocycles. The summed E-state index contributed by atoms with van der Waals surface area (Å²) in [4.78, 5) is 28.2. The van der Waals surface area contributed by atoms with Crippen LogP contribution in [0.25, 0.3) is 0 Å². The van der Waals surface area contributed by atoms with Gasteiger partial charge in [-0.25, -0.2) is 8.42 Å². The van der Waals surface area contributed by atoms with Gasteiger partial charge in [0.2, 0.25) is 11.8 Å². The Morgan fingerprint density at radius 3 is 2.34 bits per heavy atom. The van der Waals surface area contributed by atoms with Gasteiger partial charge in [0.1, 0.15) is 0 Å². The van der Waals surface area contributed by atoms with Gasteiger partial charge in [0.25, 0.3) is 10.0 Å². The smallest absolute Gasteiger partial charge is 0.261 e. The van der Waals surface area contributed by atoms with Crippen LogP contribution in [0.1, 0.15) is 36.8 Å². The lowest BCUT2D eigenvalue weighted by atomic mass is 10.1. The van der Waals surface area contributed by atoms with Crippen molar-refractivity contribution in [3.63, 3.8) is 0 Å². The second-order valence-electron chi connectivity index (χ2n) is 8.37. The zero-order valence-corrected chi connectivity index (χ0v) is 19.8. The number of fused-ring (bicyclic) bond motifs is 1. The molecule has 170 valence electrons. The molecule has 0 aliphatic carbocycles. The molecule has 2 aliphatic rings. The standard InChI is InChI=1S/C23H27N3O4S2/c1-15-11-16(2)13-17(12-15)25-32(29,30)18-7-8-20-19(14-18)24-22(27)21(31-20)23(28)26-9-5-3-4-6-10-26/h7-8,11-14,21,25H,3-6,9-10H2,1-2H3,(H,24,27). The molecule has 1 atom stereocenters. The van der Waals surface area contributed by atoms with Crippen molar-refractivity contribution in [2.45, 2.75) is 54.6 Å². The van der Waals surface area contributed by atoms with Gasteiger partial charge in [0.15, 0.2) is 5.25 Å². The number of hydrogen-bond donors (Lipinski definition) is 2. The number of anilines is 2. The van der Waals surface area contributed by atoms with Gasteiger partial charge in [-0.3, -0.25) is 14.3 Å². The summed E-state index contributed by atoms with van der Waals surface area (Å²) in [5.41, 5.74) is 2.80. The highest BCUT2D eigenvalue weighted by Gasteiger charge is 2.36. The molecule has 0 spiro atoms. The van der Waals surface area contributed by atoms with Gasteiger partial charge in [-0.1, -0.05) is 18.9 Å². The van der Waals surface area contributed by atoms with E-state index in [0.29, 0.717) is 29.4 Å². The number of nitrogens with zero attached hydrogens (tertiary/aromatic N) is 1. The highest BCUT2D eigenvalue weighted by Crippen LogP contribution is 2.38. The number of thioether (sulfide) groups is 1. The molecule has 0 bridgehead atoms. The van der Waals surface area contributed by atoms with Gasteiger partial charge in [-0.05, 0) is 68.1 Å². The van der Waals surface area contributed by atoms with Crippen molar-refractivity contribution in [1.29, 1.82) is 0 Å². The van der Waals surface area contributed by atoms with Gasteiger partial charge in [-0.2, -0.15) is 0 Å². The first-order valence-electron chi connectivity index (χ1n) is 10.7. The predicted octanol–water partition coefficient (Wildman–Crippen LogP) is 3.92. The van der Waals surface area contributed by atoms with E-state index in [1.54, 1.807) is 23.1 Å². The van der Waals surface area contributed by atoms with E-state index in [9.17, 15) is 18.0 Å². The molecule has 2 heterocycles. The van der Waals surface area contributed by atoms with Crippen LogP contribution >= 0.6 is 11.8 Å². The lowest BCUT2D eigenvalue weighted by Gasteiger charge is -2.28. The lowest BCUT2D eigenvalue weighted by Crippen LogP contribution is -2.45. The number of amides is 2. The van der Waals surface area contributed by atoms with E-state index in [4.69, 9.17) is 0 Å². The number of nitrogens with one attached hydrogen (secondary N) is 2. The first-order chi connectivity index (χ1) is 15.2. The van der Waals surface area contributed by atoms with Crippen LogP contribution in [-0.4, -0.2) is 43.5 Å². The van der Waals surface area contributed by atoms with E-state index < -0.39 is 21.2 Å². The molecule has 2 aromatic rings. The summed E-state index contributed by atoms with van der Waals surface area (Å²) in [6.45, 7) is 5.16. The third-order valence-electron chi connectivity index (χ3n) is 5.62. The molecule has 1 fully saturated rings. The number of carbonyl (C=O) groups excluding carboxylic acids is 2. The molecule has 2 aromatic carbocycles. The Balaban J connectivity index is 1.53. The zero-order valence-electron chi connectivity index (χ0n) is 18.2. The third-order valence-corrected chi connectivity index (χ3v) is 8.26. The van der Waals surface area contributed by atoms with E-state index in [1.807, 2.05) is 19.9 Å².